The van der Waals surface area contributed by atoms with Crippen LogP contribution in [0.15, 0.2) is 0 Å². The Labute approximate surface area is 75.6 Å². The van der Waals surface area contributed by atoms with Crippen molar-refractivity contribution in [2.75, 3.05) is 14.2 Å². The molecule has 0 aromatic carbocycles. The van der Waals surface area contributed by atoms with Crippen LogP contribution in [-0.2, 0) is 19.1 Å². The summed E-state index contributed by atoms with van der Waals surface area (Å²) in [5, 5.41) is 9.19. The van der Waals surface area contributed by atoms with E-state index in [0.29, 0.717) is 0 Å². The van der Waals surface area contributed by atoms with Gasteiger partial charge in [-0.2, -0.15) is 0 Å². The summed E-state index contributed by atoms with van der Waals surface area (Å²) in [5.41, 5.74) is 5.24. The van der Waals surface area contributed by atoms with Gasteiger partial charge in [0.2, 0.25) is 0 Å². The second-order valence-corrected chi connectivity index (χ2v) is 2.40. The minimum absolute atomic E-state index is 0.327. The van der Waals surface area contributed by atoms with Crippen molar-refractivity contribution in [3.8, 4) is 0 Å². The van der Waals surface area contributed by atoms with Crippen LogP contribution in [0.1, 0.15) is 6.42 Å². The lowest BCUT2D eigenvalue weighted by Gasteiger charge is -2.14. The van der Waals surface area contributed by atoms with E-state index in [9.17, 15) is 14.7 Å². The van der Waals surface area contributed by atoms with Crippen LogP contribution in [0.3, 0.4) is 0 Å². The molecule has 0 heterocycles. The Kier molecular flexibility index (Phi) is 5.01. The molecule has 0 amide bonds. The van der Waals surface area contributed by atoms with Crippen LogP contribution in [0.5, 0.6) is 0 Å². The monoisotopic (exact) mass is 191 g/mol. The molecule has 6 nitrogen and oxygen atoms in total. The highest BCUT2D eigenvalue weighted by Gasteiger charge is 2.25. The fourth-order valence-electron chi connectivity index (χ4n) is 0.674. The predicted molar refractivity (Wildman–Crippen MR) is 42.6 cm³/mol. The second kappa shape index (κ2) is 5.50. The fraction of sp³-hybridized carbons (Fsp3) is 0.714. The molecule has 0 spiro atoms. The number of esters is 2. The first kappa shape index (κ1) is 11.9. The molecule has 1 unspecified atom stereocenters. The summed E-state index contributed by atoms with van der Waals surface area (Å²) < 4.78 is 8.55. The lowest BCUT2D eigenvalue weighted by molar-refractivity contribution is -0.148. The summed E-state index contributed by atoms with van der Waals surface area (Å²) in [4.78, 5) is 21.4. The summed E-state index contributed by atoms with van der Waals surface area (Å²) in [6, 6.07) is -1.22. The molecule has 0 aliphatic rings. The van der Waals surface area contributed by atoms with Gasteiger partial charge >= 0.3 is 11.9 Å². The number of ether oxygens (including phenoxy) is 2. The zero-order valence-corrected chi connectivity index (χ0v) is 7.52. The summed E-state index contributed by atoms with van der Waals surface area (Å²) in [6.07, 6.45) is -1.60. The number of carbonyl (C=O) groups is 2. The van der Waals surface area contributed by atoms with E-state index in [-0.39, 0.29) is 6.42 Å². The molecule has 13 heavy (non-hydrogen) atoms. The summed E-state index contributed by atoms with van der Waals surface area (Å²) >= 11 is 0. The van der Waals surface area contributed by atoms with E-state index in [1.54, 1.807) is 0 Å². The van der Waals surface area contributed by atoms with Crippen molar-refractivity contribution in [1.82, 2.24) is 0 Å². The van der Waals surface area contributed by atoms with E-state index >= 15 is 0 Å². The van der Waals surface area contributed by atoms with Crippen molar-refractivity contribution < 1.29 is 24.2 Å². The third-order valence-electron chi connectivity index (χ3n) is 1.49. The van der Waals surface area contributed by atoms with Gasteiger partial charge in [-0.05, 0) is 0 Å². The molecule has 76 valence electrons. The Morgan fingerprint density at radius 1 is 1.38 bits per heavy atom. The predicted octanol–water partition coefficient (Wildman–Crippen LogP) is -1.59. The molecule has 3 N–H and O–H groups in total. The standard InChI is InChI=1S/C7H13NO5/c1-12-5(10)3-4(9)6(8)7(11)13-2/h4,6,9H,3,8H2,1-2H3/t4?,6-/m0/s1. The van der Waals surface area contributed by atoms with Crippen LogP contribution in [0, 0.1) is 0 Å². The van der Waals surface area contributed by atoms with E-state index in [4.69, 9.17) is 5.73 Å². The Bertz CT molecular complexity index is 193. The Morgan fingerprint density at radius 2 is 1.92 bits per heavy atom. The number of hydrogen-bond donors (Lipinski definition) is 2. The molecule has 6 heteroatoms. The molecular weight excluding hydrogens is 178 g/mol. The number of nitrogens with two attached hydrogens (primary N) is 1. The van der Waals surface area contributed by atoms with Crippen LogP contribution < -0.4 is 5.73 Å². The molecule has 0 saturated heterocycles. The molecule has 0 rings (SSSR count). The van der Waals surface area contributed by atoms with E-state index < -0.39 is 24.1 Å². The number of aliphatic hydroxyl groups is 1. The van der Waals surface area contributed by atoms with Gasteiger partial charge in [-0.3, -0.25) is 9.59 Å². The van der Waals surface area contributed by atoms with Gasteiger partial charge in [-0.15, -0.1) is 0 Å². The largest absolute Gasteiger partial charge is 0.469 e. The van der Waals surface area contributed by atoms with Crippen LogP contribution in [0.25, 0.3) is 0 Å². The number of methoxy groups -OCH3 is 2. The average Bonchev–Trinajstić information content (AvgIpc) is 2.14. The summed E-state index contributed by atoms with van der Waals surface area (Å²) in [7, 11) is 2.33. The minimum Gasteiger partial charge on any atom is -0.469 e. The van der Waals surface area contributed by atoms with Gasteiger partial charge in [0, 0.05) is 0 Å². The lowest BCUT2D eigenvalue weighted by atomic mass is 10.1. The van der Waals surface area contributed by atoms with Gasteiger partial charge in [-0.25, -0.2) is 0 Å². The van der Waals surface area contributed by atoms with Gasteiger partial charge in [0.25, 0.3) is 0 Å². The van der Waals surface area contributed by atoms with E-state index in [1.807, 2.05) is 0 Å². The Hall–Kier alpha value is -1.14. The van der Waals surface area contributed by atoms with E-state index in [1.165, 1.54) is 7.11 Å². The molecular formula is C7H13NO5. The molecule has 0 aliphatic carbocycles. The Balaban J connectivity index is 4.02. The number of aliphatic hydroxyl groups excluding tert-OH is 1. The third kappa shape index (κ3) is 3.86. The highest BCUT2D eigenvalue weighted by Crippen LogP contribution is 1.99. The smallest absolute Gasteiger partial charge is 0.325 e. The molecule has 0 fully saturated rings. The topological polar surface area (TPSA) is 98.9 Å². The fourth-order valence-corrected chi connectivity index (χ4v) is 0.674. The van der Waals surface area contributed by atoms with E-state index in [0.717, 1.165) is 7.11 Å². The molecule has 0 aromatic rings. The third-order valence-corrected chi connectivity index (χ3v) is 1.49. The van der Waals surface area contributed by atoms with Gasteiger partial charge in [-0.1, -0.05) is 0 Å². The highest BCUT2D eigenvalue weighted by atomic mass is 16.5. The molecule has 0 radical (unpaired) electrons. The second-order valence-electron chi connectivity index (χ2n) is 2.40. The van der Waals surface area contributed by atoms with Crippen molar-refractivity contribution in [3.05, 3.63) is 0 Å². The maximum Gasteiger partial charge on any atom is 0.325 e. The van der Waals surface area contributed by atoms with E-state index in [2.05, 4.69) is 9.47 Å². The maximum atomic E-state index is 10.8. The SMILES string of the molecule is COC(=O)CC(O)[C@H](N)C(=O)OC. The number of hydrogen-bond acceptors (Lipinski definition) is 6. The van der Waals surface area contributed by atoms with Crippen LogP contribution >= 0.6 is 0 Å². The highest BCUT2D eigenvalue weighted by molar-refractivity contribution is 5.78. The van der Waals surface area contributed by atoms with Crippen LogP contribution in [0.2, 0.25) is 0 Å². The van der Waals surface area contributed by atoms with Crippen LogP contribution in [-0.4, -0.2) is 43.4 Å². The van der Waals surface area contributed by atoms with Gasteiger partial charge in [0.05, 0.1) is 26.7 Å². The molecule has 2 atom stereocenters. The maximum absolute atomic E-state index is 10.8. The zero-order chi connectivity index (χ0) is 10.4. The zero-order valence-electron chi connectivity index (χ0n) is 7.52. The normalized spacial score (nSPS) is 14.5. The van der Waals surface area contributed by atoms with Crippen molar-refractivity contribution >= 4 is 11.9 Å². The first-order valence-electron chi connectivity index (χ1n) is 3.61. The molecule has 0 saturated carbocycles. The number of rotatable bonds is 4. The first-order valence-corrected chi connectivity index (χ1v) is 3.61. The lowest BCUT2D eigenvalue weighted by Crippen LogP contribution is -2.43. The van der Waals surface area contributed by atoms with Gasteiger partial charge in [0.15, 0.2) is 0 Å². The minimum atomic E-state index is -1.28. The molecule has 0 bridgehead atoms. The van der Waals surface area contributed by atoms with Crippen molar-refractivity contribution in [3.63, 3.8) is 0 Å². The van der Waals surface area contributed by atoms with Crippen molar-refractivity contribution in [1.29, 1.82) is 0 Å². The van der Waals surface area contributed by atoms with Gasteiger partial charge < -0.3 is 20.3 Å². The molecule has 0 aromatic heterocycles. The van der Waals surface area contributed by atoms with Crippen molar-refractivity contribution in [2.45, 2.75) is 18.6 Å². The number of carbonyl (C=O) groups excluding carboxylic acids is 2. The first-order chi connectivity index (χ1) is 6.02. The summed E-state index contributed by atoms with van der Waals surface area (Å²) in [6.45, 7) is 0. The Morgan fingerprint density at radius 3 is 2.31 bits per heavy atom. The van der Waals surface area contributed by atoms with Gasteiger partial charge in [0.1, 0.15) is 6.04 Å². The van der Waals surface area contributed by atoms with Crippen LogP contribution in [0.4, 0.5) is 0 Å². The molecule has 0 aliphatic heterocycles. The average molecular weight is 191 g/mol. The van der Waals surface area contributed by atoms with Crippen molar-refractivity contribution in [2.24, 2.45) is 5.73 Å². The summed E-state index contributed by atoms with van der Waals surface area (Å²) in [5.74, 6) is -1.40. The quantitative estimate of drug-likeness (QED) is 0.520.